The molecule has 2 aliphatic heterocycles. The molecule has 6 rings (SSSR count). The molecule has 0 aliphatic carbocycles. The van der Waals surface area contributed by atoms with Crippen LogP contribution in [0, 0.1) is 5.92 Å². The summed E-state index contributed by atoms with van der Waals surface area (Å²) in [7, 11) is 0. The molecule has 2 aromatic carbocycles. The van der Waals surface area contributed by atoms with Gasteiger partial charge in [-0.3, -0.25) is 4.57 Å². The number of anilines is 2. The first-order valence-corrected chi connectivity index (χ1v) is 13.6. The molecule has 2 saturated heterocycles. The fourth-order valence-electron chi connectivity index (χ4n) is 5.45. The van der Waals surface area contributed by atoms with Gasteiger partial charge in [0.15, 0.2) is 5.82 Å². The number of alkyl halides is 2. The lowest BCUT2D eigenvalue weighted by atomic mass is 10.1. The van der Waals surface area contributed by atoms with E-state index in [0.29, 0.717) is 60.8 Å². The van der Waals surface area contributed by atoms with Crippen molar-refractivity contribution >= 4 is 22.8 Å². The SMILES string of the molecule is FC(F)c1nc2ccccc2n1-c1cc(N2CCOCC2)nc(NCC2CCN(CCc3ccccc3)C2)n1. The van der Waals surface area contributed by atoms with Crippen molar-refractivity contribution in [2.45, 2.75) is 19.3 Å². The molecular formula is C29H33F2N7O. The Morgan fingerprint density at radius 3 is 2.51 bits per heavy atom. The highest BCUT2D eigenvalue weighted by Crippen LogP contribution is 2.29. The largest absolute Gasteiger partial charge is 0.378 e. The zero-order chi connectivity index (χ0) is 26.6. The Labute approximate surface area is 226 Å². The zero-order valence-corrected chi connectivity index (χ0v) is 21.8. The summed E-state index contributed by atoms with van der Waals surface area (Å²) in [4.78, 5) is 18.3. The maximum Gasteiger partial charge on any atom is 0.296 e. The first kappa shape index (κ1) is 25.6. The van der Waals surface area contributed by atoms with Crippen molar-refractivity contribution in [2.24, 2.45) is 5.92 Å². The molecule has 2 aliphatic rings. The molecule has 2 fully saturated rings. The van der Waals surface area contributed by atoms with E-state index in [1.807, 2.05) is 12.1 Å². The number of benzene rings is 2. The van der Waals surface area contributed by atoms with Crippen LogP contribution in [-0.2, 0) is 11.2 Å². The molecule has 8 nitrogen and oxygen atoms in total. The van der Waals surface area contributed by atoms with Crippen molar-refractivity contribution in [3.63, 3.8) is 0 Å². The zero-order valence-electron chi connectivity index (χ0n) is 21.8. The quantitative estimate of drug-likeness (QED) is 0.338. The molecule has 0 saturated carbocycles. The highest BCUT2D eigenvalue weighted by atomic mass is 19.3. The molecule has 2 aromatic heterocycles. The average Bonchev–Trinajstić information content (AvgIpc) is 3.61. The number of aromatic nitrogens is 4. The summed E-state index contributed by atoms with van der Waals surface area (Å²) in [6.07, 6.45) is -0.601. The van der Waals surface area contributed by atoms with Gasteiger partial charge < -0.3 is 19.9 Å². The summed E-state index contributed by atoms with van der Waals surface area (Å²) in [5.41, 5.74) is 2.46. The summed E-state index contributed by atoms with van der Waals surface area (Å²) in [6, 6.07) is 19.5. The minimum Gasteiger partial charge on any atom is -0.378 e. The second-order valence-corrected chi connectivity index (χ2v) is 10.2. The Balaban J connectivity index is 1.22. The van der Waals surface area contributed by atoms with E-state index in [2.05, 4.69) is 44.4 Å². The molecule has 39 heavy (non-hydrogen) atoms. The normalized spacial score (nSPS) is 18.3. The fourth-order valence-corrected chi connectivity index (χ4v) is 5.45. The van der Waals surface area contributed by atoms with E-state index in [-0.39, 0.29) is 5.82 Å². The van der Waals surface area contributed by atoms with E-state index in [4.69, 9.17) is 14.7 Å². The van der Waals surface area contributed by atoms with Gasteiger partial charge in [-0.1, -0.05) is 42.5 Å². The van der Waals surface area contributed by atoms with E-state index < -0.39 is 6.43 Å². The summed E-state index contributed by atoms with van der Waals surface area (Å²) in [5, 5.41) is 3.43. The van der Waals surface area contributed by atoms with Crippen LogP contribution in [-0.4, -0.2) is 76.9 Å². The van der Waals surface area contributed by atoms with Crippen molar-refractivity contribution in [3.8, 4) is 5.82 Å². The highest BCUT2D eigenvalue weighted by Gasteiger charge is 2.25. The Bertz CT molecular complexity index is 1390. The first-order chi connectivity index (χ1) is 19.1. The summed E-state index contributed by atoms with van der Waals surface area (Å²) < 4.78 is 35.2. The van der Waals surface area contributed by atoms with Crippen LogP contribution in [0.4, 0.5) is 20.5 Å². The van der Waals surface area contributed by atoms with Gasteiger partial charge in [0, 0.05) is 38.8 Å². The van der Waals surface area contributed by atoms with E-state index >= 15 is 0 Å². The monoisotopic (exact) mass is 533 g/mol. The molecule has 0 bridgehead atoms. The molecular weight excluding hydrogens is 500 g/mol. The highest BCUT2D eigenvalue weighted by molar-refractivity contribution is 5.78. The van der Waals surface area contributed by atoms with Crippen LogP contribution in [0.1, 0.15) is 24.2 Å². The van der Waals surface area contributed by atoms with Gasteiger partial charge >= 0.3 is 0 Å². The number of halogens is 2. The molecule has 10 heteroatoms. The Hall–Kier alpha value is -3.63. The van der Waals surface area contributed by atoms with Crippen molar-refractivity contribution in [1.82, 2.24) is 24.4 Å². The Kier molecular flexibility index (Phi) is 7.64. The van der Waals surface area contributed by atoms with Crippen molar-refractivity contribution in [3.05, 3.63) is 72.1 Å². The lowest BCUT2D eigenvalue weighted by Gasteiger charge is -2.28. The molecule has 0 amide bonds. The number of likely N-dealkylation sites (tertiary alicyclic amines) is 1. The topological polar surface area (TPSA) is 71.3 Å². The van der Waals surface area contributed by atoms with Gasteiger partial charge in [-0.25, -0.2) is 13.8 Å². The van der Waals surface area contributed by atoms with Crippen LogP contribution in [0.3, 0.4) is 0 Å². The van der Waals surface area contributed by atoms with Crippen LogP contribution < -0.4 is 10.2 Å². The van der Waals surface area contributed by atoms with Crippen molar-refractivity contribution < 1.29 is 13.5 Å². The molecule has 1 unspecified atom stereocenters. The molecule has 4 heterocycles. The van der Waals surface area contributed by atoms with Gasteiger partial charge in [0.25, 0.3) is 6.43 Å². The van der Waals surface area contributed by atoms with Crippen LogP contribution >= 0.6 is 0 Å². The van der Waals surface area contributed by atoms with Crippen molar-refractivity contribution in [2.75, 3.05) is 62.7 Å². The number of hydrogen-bond donors (Lipinski definition) is 1. The predicted octanol–water partition coefficient (Wildman–Crippen LogP) is 4.57. The standard InChI is InChI=1S/C29H33F2N7O/c30-27(31)28-33-23-8-4-5-9-24(23)38(28)26-18-25(37-14-16-39-17-15-37)34-29(35-26)32-19-22-11-13-36(20-22)12-10-21-6-2-1-3-7-21/h1-9,18,22,27H,10-17,19-20H2,(H,32,34,35). The number of fused-ring (bicyclic) bond motifs is 1. The number of ether oxygens (including phenoxy) is 1. The molecule has 1 atom stereocenters. The number of rotatable bonds is 9. The van der Waals surface area contributed by atoms with Gasteiger partial charge in [-0.15, -0.1) is 0 Å². The minimum atomic E-state index is -2.74. The Morgan fingerprint density at radius 1 is 0.923 bits per heavy atom. The van der Waals surface area contributed by atoms with Crippen LogP contribution in [0.25, 0.3) is 16.9 Å². The average molecular weight is 534 g/mol. The lowest BCUT2D eigenvalue weighted by molar-refractivity contribution is 0.122. The van der Waals surface area contributed by atoms with Crippen LogP contribution in [0.5, 0.6) is 0 Å². The smallest absolute Gasteiger partial charge is 0.296 e. The molecule has 0 radical (unpaired) electrons. The second-order valence-electron chi connectivity index (χ2n) is 10.2. The van der Waals surface area contributed by atoms with E-state index in [9.17, 15) is 8.78 Å². The van der Waals surface area contributed by atoms with Gasteiger partial charge in [-0.05, 0) is 43.0 Å². The van der Waals surface area contributed by atoms with E-state index in [1.165, 1.54) is 10.1 Å². The van der Waals surface area contributed by atoms with Crippen LogP contribution in [0.2, 0.25) is 0 Å². The van der Waals surface area contributed by atoms with Gasteiger partial charge in [0.1, 0.15) is 11.6 Å². The summed E-state index contributed by atoms with van der Waals surface area (Å²) in [5.74, 6) is 1.66. The molecule has 1 N–H and O–H groups in total. The molecule has 204 valence electrons. The van der Waals surface area contributed by atoms with Crippen molar-refractivity contribution in [1.29, 1.82) is 0 Å². The third kappa shape index (κ3) is 5.86. The van der Waals surface area contributed by atoms with Gasteiger partial charge in [0.2, 0.25) is 5.95 Å². The first-order valence-electron chi connectivity index (χ1n) is 13.6. The summed E-state index contributed by atoms with van der Waals surface area (Å²) >= 11 is 0. The Morgan fingerprint density at radius 2 is 1.69 bits per heavy atom. The molecule has 4 aromatic rings. The third-order valence-corrected chi connectivity index (χ3v) is 7.52. The number of nitrogens with one attached hydrogen (secondary N) is 1. The fraction of sp³-hybridized carbons (Fsp3) is 0.414. The number of hydrogen-bond acceptors (Lipinski definition) is 7. The minimum absolute atomic E-state index is 0.321. The van der Waals surface area contributed by atoms with E-state index in [1.54, 1.807) is 24.3 Å². The summed E-state index contributed by atoms with van der Waals surface area (Å²) in [6.45, 7) is 6.40. The second kappa shape index (κ2) is 11.6. The van der Waals surface area contributed by atoms with Crippen LogP contribution in [0.15, 0.2) is 60.7 Å². The number of para-hydroxylation sites is 2. The van der Waals surface area contributed by atoms with Gasteiger partial charge in [0.05, 0.1) is 24.2 Å². The third-order valence-electron chi connectivity index (χ3n) is 7.52. The maximum absolute atomic E-state index is 14.1. The predicted molar refractivity (Wildman–Crippen MR) is 148 cm³/mol. The lowest BCUT2D eigenvalue weighted by Crippen LogP contribution is -2.37. The number of imidazole rings is 1. The molecule has 0 spiro atoms. The van der Waals surface area contributed by atoms with E-state index in [0.717, 1.165) is 39.0 Å². The van der Waals surface area contributed by atoms with Gasteiger partial charge in [-0.2, -0.15) is 9.97 Å². The number of nitrogens with zero attached hydrogens (tertiary/aromatic N) is 6. The maximum atomic E-state index is 14.1. The number of morpholine rings is 1.